The van der Waals surface area contributed by atoms with Gasteiger partial charge in [0.25, 0.3) is 5.56 Å². The van der Waals surface area contributed by atoms with Crippen molar-refractivity contribution in [1.82, 2.24) is 15.1 Å². The molecule has 2 aromatic heterocycles. The van der Waals surface area contributed by atoms with Gasteiger partial charge in [0.15, 0.2) is 0 Å². The van der Waals surface area contributed by atoms with Crippen LogP contribution in [0.25, 0.3) is 0 Å². The second kappa shape index (κ2) is 7.41. The smallest absolute Gasteiger partial charge is 0.285 e. The summed E-state index contributed by atoms with van der Waals surface area (Å²) < 4.78 is 1.06. The van der Waals surface area contributed by atoms with Crippen LogP contribution in [-0.2, 0) is 11.3 Å². The summed E-state index contributed by atoms with van der Waals surface area (Å²) in [5.74, 6) is -0.0875. The molecular formula is C17H20N4O2S. The van der Waals surface area contributed by atoms with Gasteiger partial charge in [-0.15, -0.1) is 11.3 Å². The first-order valence-corrected chi connectivity index (χ1v) is 8.54. The van der Waals surface area contributed by atoms with E-state index in [1.807, 2.05) is 37.4 Å². The molecule has 0 bridgehead atoms. The van der Waals surface area contributed by atoms with Crippen LogP contribution in [0.15, 0.2) is 22.3 Å². The highest BCUT2D eigenvalue weighted by Gasteiger charge is 2.20. The van der Waals surface area contributed by atoms with Crippen molar-refractivity contribution >= 4 is 17.2 Å². The Kier molecular flexibility index (Phi) is 5.52. The van der Waals surface area contributed by atoms with Crippen molar-refractivity contribution in [1.29, 1.82) is 5.26 Å². The lowest BCUT2D eigenvalue weighted by molar-refractivity contribution is -0.123. The van der Waals surface area contributed by atoms with Gasteiger partial charge in [0, 0.05) is 4.88 Å². The lowest BCUT2D eigenvalue weighted by atomic mass is 10.0. The molecule has 2 rings (SSSR count). The topological polar surface area (TPSA) is 87.8 Å². The summed E-state index contributed by atoms with van der Waals surface area (Å²) in [7, 11) is 0. The van der Waals surface area contributed by atoms with Crippen LogP contribution in [0.5, 0.6) is 0 Å². The van der Waals surface area contributed by atoms with Crippen molar-refractivity contribution in [3.8, 4) is 6.07 Å². The molecule has 0 aliphatic rings. The molecule has 0 saturated carbocycles. The van der Waals surface area contributed by atoms with E-state index in [4.69, 9.17) is 5.26 Å². The molecule has 1 N–H and O–H groups in total. The molecule has 2 heterocycles. The SMILES string of the molecule is Cc1nn(CC(=O)N[C@@H](c2cccs2)C(C)C)c(=O)c(C#N)c1C. The van der Waals surface area contributed by atoms with Gasteiger partial charge >= 0.3 is 0 Å². The largest absolute Gasteiger partial charge is 0.347 e. The van der Waals surface area contributed by atoms with Gasteiger partial charge in [-0.2, -0.15) is 10.4 Å². The second-order valence-electron chi connectivity index (χ2n) is 5.96. The Labute approximate surface area is 144 Å². The molecule has 6 nitrogen and oxygen atoms in total. The zero-order chi connectivity index (χ0) is 17.9. The number of rotatable bonds is 5. The van der Waals surface area contributed by atoms with Crippen LogP contribution in [0.1, 0.15) is 41.6 Å². The molecule has 24 heavy (non-hydrogen) atoms. The number of nitrogens with zero attached hydrogens (tertiary/aromatic N) is 3. The molecule has 0 aliphatic carbocycles. The molecule has 7 heteroatoms. The minimum Gasteiger partial charge on any atom is -0.347 e. The van der Waals surface area contributed by atoms with Crippen molar-refractivity contribution in [2.24, 2.45) is 5.92 Å². The summed E-state index contributed by atoms with van der Waals surface area (Å²) in [4.78, 5) is 25.7. The fraction of sp³-hybridized carbons (Fsp3) is 0.412. The van der Waals surface area contributed by atoms with Crippen LogP contribution >= 0.6 is 11.3 Å². The van der Waals surface area contributed by atoms with E-state index >= 15 is 0 Å². The van der Waals surface area contributed by atoms with Gasteiger partial charge in [0.2, 0.25) is 5.91 Å². The van der Waals surface area contributed by atoms with E-state index in [1.165, 1.54) is 0 Å². The highest BCUT2D eigenvalue weighted by Crippen LogP contribution is 2.25. The Morgan fingerprint density at radius 1 is 1.46 bits per heavy atom. The van der Waals surface area contributed by atoms with Gasteiger partial charge in [-0.05, 0) is 36.8 Å². The van der Waals surface area contributed by atoms with Crippen molar-refractivity contribution in [3.05, 3.63) is 49.6 Å². The normalized spacial score (nSPS) is 12.0. The highest BCUT2D eigenvalue weighted by molar-refractivity contribution is 7.10. The lowest BCUT2D eigenvalue weighted by Gasteiger charge is -2.21. The summed E-state index contributed by atoms with van der Waals surface area (Å²) in [6.07, 6.45) is 0. The maximum atomic E-state index is 12.4. The van der Waals surface area contributed by atoms with E-state index in [0.29, 0.717) is 11.3 Å². The molecular weight excluding hydrogens is 324 g/mol. The van der Waals surface area contributed by atoms with Crippen LogP contribution in [-0.4, -0.2) is 15.7 Å². The fourth-order valence-electron chi connectivity index (χ4n) is 2.40. The summed E-state index contributed by atoms with van der Waals surface area (Å²) >= 11 is 1.58. The van der Waals surface area contributed by atoms with Crippen LogP contribution < -0.4 is 10.9 Å². The van der Waals surface area contributed by atoms with Gasteiger partial charge in [-0.3, -0.25) is 9.59 Å². The average Bonchev–Trinajstić information content (AvgIpc) is 3.04. The average molecular weight is 344 g/mol. The predicted octanol–water partition coefficient (Wildman–Crippen LogP) is 2.31. The molecule has 2 aromatic rings. The summed E-state index contributed by atoms with van der Waals surface area (Å²) in [6.45, 7) is 7.24. The van der Waals surface area contributed by atoms with Crippen molar-refractivity contribution < 1.29 is 4.79 Å². The second-order valence-corrected chi connectivity index (χ2v) is 6.94. The molecule has 0 spiro atoms. The number of thiophene rings is 1. The van der Waals surface area contributed by atoms with E-state index in [1.54, 1.807) is 25.2 Å². The number of carbonyl (C=O) groups excluding carboxylic acids is 1. The Bertz CT molecular complexity index is 832. The minimum atomic E-state index is -0.534. The number of aromatic nitrogens is 2. The molecule has 126 valence electrons. The third kappa shape index (κ3) is 3.71. The molecule has 0 aromatic carbocycles. The van der Waals surface area contributed by atoms with Crippen molar-refractivity contribution in [3.63, 3.8) is 0 Å². The fourth-order valence-corrected chi connectivity index (χ4v) is 3.35. The van der Waals surface area contributed by atoms with Gasteiger partial charge in [0.05, 0.1) is 11.7 Å². The molecule has 0 saturated heterocycles. The zero-order valence-electron chi connectivity index (χ0n) is 14.2. The summed E-state index contributed by atoms with van der Waals surface area (Å²) in [5, 5.41) is 18.2. The Morgan fingerprint density at radius 3 is 2.71 bits per heavy atom. The summed E-state index contributed by atoms with van der Waals surface area (Å²) in [6, 6.07) is 5.70. The van der Waals surface area contributed by atoms with Gasteiger partial charge in [-0.25, -0.2) is 4.68 Å². The molecule has 1 atom stereocenters. The first kappa shape index (κ1) is 17.9. The van der Waals surface area contributed by atoms with Gasteiger partial charge in [0.1, 0.15) is 18.2 Å². The maximum Gasteiger partial charge on any atom is 0.285 e. The standard InChI is InChI=1S/C17H20N4O2S/c1-10(2)16(14-6-5-7-24-14)19-15(22)9-21-17(23)13(8-18)11(3)12(4)20-21/h5-7,10,16H,9H2,1-4H3,(H,19,22)/t16-/m1/s1. The number of nitriles is 1. The van der Waals surface area contributed by atoms with Crippen molar-refractivity contribution in [2.45, 2.75) is 40.3 Å². The first-order chi connectivity index (χ1) is 11.3. The van der Waals surface area contributed by atoms with Gasteiger partial charge in [-0.1, -0.05) is 19.9 Å². The van der Waals surface area contributed by atoms with Crippen LogP contribution in [0.4, 0.5) is 0 Å². The number of carbonyl (C=O) groups is 1. The van der Waals surface area contributed by atoms with Crippen LogP contribution in [0, 0.1) is 31.1 Å². The zero-order valence-corrected chi connectivity index (χ0v) is 15.0. The Balaban J connectivity index is 2.23. The number of nitrogens with one attached hydrogen (secondary N) is 1. The Morgan fingerprint density at radius 2 is 2.17 bits per heavy atom. The molecule has 0 unspecified atom stereocenters. The van der Waals surface area contributed by atoms with E-state index < -0.39 is 5.56 Å². The monoisotopic (exact) mass is 344 g/mol. The highest BCUT2D eigenvalue weighted by atomic mass is 32.1. The first-order valence-electron chi connectivity index (χ1n) is 7.66. The molecule has 0 aliphatic heterocycles. The number of aryl methyl sites for hydroxylation is 1. The number of hydrogen-bond donors (Lipinski definition) is 1. The third-order valence-electron chi connectivity index (χ3n) is 3.87. The van der Waals surface area contributed by atoms with Crippen LogP contribution in [0.2, 0.25) is 0 Å². The number of hydrogen-bond acceptors (Lipinski definition) is 5. The molecule has 0 fully saturated rings. The number of amides is 1. The van der Waals surface area contributed by atoms with E-state index in [0.717, 1.165) is 9.56 Å². The minimum absolute atomic E-state index is 0.0361. The molecule has 0 radical (unpaired) electrons. The lowest BCUT2D eigenvalue weighted by Crippen LogP contribution is -2.38. The third-order valence-corrected chi connectivity index (χ3v) is 4.83. The van der Waals surface area contributed by atoms with E-state index in [2.05, 4.69) is 10.4 Å². The predicted molar refractivity (Wildman–Crippen MR) is 92.7 cm³/mol. The summed E-state index contributed by atoms with van der Waals surface area (Å²) in [5.41, 5.74) is 0.623. The van der Waals surface area contributed by atoms with Gasteiger partial charge < -0.3 is 5.32 Å². The van der Waals surface area contributed by atoms with E-state index in [-0.39, 0.29) is 30.0 Å². The van der Waals surface area contributed by atoms with E-state index in [9.17, 15) is 9.59 Å². The quantitative estimate of drug-likeness (QED) is 0.901. The molecule has 1 amide bonds. The van der Waals surface area contributed by atoms with Crippen molar-refractivity contribution in [2.75, 3.05) is 0 Å². The van der Waals surface area contributed by atoms with Crippen LogP contribution in [0.3, 0.4) is 0 Å². The maximum absolute atomic E-state index is 12.4. The Hall–Kier alpha value is -2.46.